The van der Waals surface area contributed by atoms with Crippen LogP contribution in [0.25, 0.3) is 22.4 Å². The van der Waals surface area contributed by atoms with Gasteiger partial charge in [0.25, 0.3) is 5.56 Å². The van der Waals surface area contributed by atoms with E-state index < -0.39 is 0 Å². The second-order valence-electron chi connectivity index (χ2n) is 6.39. The molecule has 0 atom stereocenters. The minimum Gasteiger partial charge on any atom is -0.361 e. The normalized spacial score (nSPS) is 11.0. The lowest BCUT2D eigenvalue weighted by molar-refractivity contribution is 0.397. The molecule has 0 unspecified atom stereocenters. The molecule has 0 N–H and O–H groups in total. The van der Waals surface area contributed by atoms with E-state index in [1.807, 2.05) is 26.0 Å². The molecule has 0 amide bonds. The van der Waals surface area contributed by atoms with Crippen LogP contribution in [-0.2, 0) is 6.54 Å². The van der Waals surface area contributed by atoms with Gasteiger partial charge in [0.05, 0.1) is 17.8 Å². The summed E-state index contributed by atoms with van der Waals surface area (Å²) < 4.78 is 6.72. The van der Waals surface area contributed by atoms with Gasteiger partial charge in [-0.05, 0) is 32.0 Å². The van der Waals surface area contributed by atoms with Crippen LogP contribution in [0.2, 0.25) is 5.02 Å². The van der Waals surface area contributed by atoms with Crippen molar-refractivity contribution in [1.82, 2.24) is 24.9 Å². The lowest BCUT2D eigenvalue weighted by Gasteiger charge is -2.07. The van der Waals surface area contributed by atoms with Gasteiger partial charge in [0, 0.05) is 52.6 Å². The molecule has 4 aromatic rings. The molecule has 0 saturated carbocycles. The van der Waals surface area contributed by atoms with Crippen molar-refractivity contribution in [2.75, 3.05) is 0 Å². The van der Waals surface area contributed by atoms with Gasteiger partial charge in [0.2, 0.25) is 0 Å². The Hall–Kier alpha value is -3.32. The van der Waals surface area contributed by atoms with E-state index in [2.05, 4.69) is 20.2 Å². The number of nitrogens with zero attached hydrogens (tertiary/aromatic N) is 5. The lowest BCUT2D eigenvalue weighted by Crippen LogP contribution is -2.23. The van der Waals surface area contributed by atoms with Crippen molar-refractivity contribution in [3.63, 3.8) is 0 Å². The second-order valence-corrected chi connectivity index (χ2v) is 6.82. The SMILES string of the molecule is Cc1ccc(-c2noc(C)c2Cn2ncc(-c3cncc(Cl)c3)cc2=O)cn1. The fourth-order valence-corrected chi connectivity index (χ4v) is 3.02. The van der Waals surface area contributed by atoms with Crippen molar-refractivity contribution in [1.29, 1.82) is 0 Å². The summed E-state index contributed by atoms with van der Waals surface area (Å²) in [5, 5.41) is 8.93. The molecule has 0 aliphatic rings. The first-order valence-corrected chi connectivity index (χ1v) is 8.95. The number of aryl methyl sites for hydroxylation is 2. The Kier molecular flexibility index (Phi) is 4.75. The van der Waals surface area contributed by atoms with Crippen molar-refractivity contribution in [3.05, 3.63) is 81.4 Å². The van der Waals surface area contributed by atoms with E-state index in [-0.39, 0.29) is 12.1 Å². The molecule has 140 valence electrons. The summed E-state index contributed by atoms with van der Waals surface area (Å²) in [4.78, 5) is 21.0. The summed E-state index contributed by atoms with van der Waals surface area (Å²) in [6, 6.07) is 7.08. The molecule has 8 heteroatoms. The average molecular weight is 394 g/mol. The molecule has 0 spiro atoms. The van der Waals surface area contributed by atoms with E-state index >= 15 is 0 Å². The van der Waals surface area contributed by atoms with Crippen LogP contribution in [0.1, 0.15) is 17.0 Å². The zero-order valence-corrected chi connectivity index (χ0v) is 16.0. The second kappa shape index (κ2) is 7.36. The van der Waals surface area contributed by atoms with Crippen LogP contribution in [0.3, 0.4) is 0 Å². The Morgan fingerprint density at radius 2 is 1.86 bits per heavy atom. The van der Waals surface area contributed by atoms with Gasteiger partial charge < -0.3 is 4.52 Å². The Morgan fingerprint density at radius 3 is 2.57 bits per heavy atom. The maximum atomic E-state index is 12.6. The molecule has 4 rings (SSSR count). The van der Waals surface area contributed by atoms with E-state index in [1.54, 1.807) is 24.7 Å². The third kappa shape index (κ3) is 3.57. The number of pyridine rings is 2. The maximum Gasteiger partial charge on any atom is 0.267 e. The summed E-state index contributed by atoms with van der Waals surface area (Å²) in [5.74, 6) is 0.632. The highest BCUT2D eigenvalue weighted by Crippen LogP contribution is 2.25. The summed E-state index contributed by atoms with van der Waals surface area (Å²) in [5.41, 5.74) is 4.32. The molecule has 0 saturated heterocycles. The van der Waals surface area contributed by atoms with Gasteiger partial charge in [-0.15, -0.1) is 0 Å². The third-order valence-electron chi connectivity index (χ3n) is 4.39. The summed E-state index contributed by atoms with van der Waals surface area (Å²) in [7, 11) is 0. The molecule has 7 nitrogen and oxygen atoms in total. The zero-order valence-electron chi connectivity index (χ0n) is 15.3. The van der Waals surface area contributed by atoms with E-state index in [0.29, 0.717) is 22.0 Å². The van der Waals surface area contributed by atoms with E-state index in [0.717, 1.165) is 22.4 Å². The van der Waals surface area contributed by atoms with Gasteiger partial charge in [0.15, 0.2) is 0 Å². The minimum atomic E-state index is -0.244. The van der Waals surface area contributed by atoms with Crippen LogP contribution >= 0.6 is 11.6 Å². The van der Waals surface area contributed by atoms with Crippen LogP contribution in [0, 0.1) is 13.8 Å². The Morgan fingerprint density at radius 1 is 1.04 bits per heavy atom. The standard InChI is InChI=1S/C20H16ClN5O2/c1-12-3-4-14(8-23-12)20-18(13(2)28-25-20)11-26-19(27)6-16(9-24-26)15-5-17(21)10-22-7-15/h3-10H,11H2,1-2H3. The molecule has 0 aliphatic heterocycles. The van der Waals surface area contributed by atoms with Crippen molar-refractivity contribution >= 4 is 11.6 Å². The largest absolute Gasteiger partial charge is 0.361 e. The first kappa shape index (κ1) is 18.1. The number of halogens is 1. The molecule has 0 aliphatic carbocycles. The van der Waals surface area contributed by atoms with Gasteiger partial charge in [0.1, 0.15) is 11.5 Å². The van der Waals surface area contributed by atoms with Gasteiger partial charge in [-0.2, -0.15) is 5.10 Å². The highest BCUT2D eigenvalue weighted by molar-refractivity contribution is 6.30. The lowest BCUT2D eigenvalue weighted by atomic mass is 10.1. The number of hydrogen-bond acceptors (Lipinski definition) is 6. The van der Waals surface area contributed by atoms with Gasteiger partial charge in [-0.3, -0.25) is 14.8 Å². The Labute approximate surface area is 165 Å². The number of rotatable bonds is 4. The predicted octanol–water partition coefficient (Wildman–Crippen LogP) is 3.67. The van der Waals surface area contributed by atoms with Gasteiger partial charge >= 0.3 is 0 Å². The highest BCUT2D eigenvalue weighted by Gasteiger charge is 2.17. The van der Waals surface area contributed by atoms with Crippen LogP contribution < -0.4 is 5.56 Å². The summed E-state index contributed by atoms with van der Waals surface area (Å²) in [6.45, 7) is 3.97. The molecule has 0 radical (unpaired) electrons. The third-order valence-corrected chi connectivity index (χ3v) is 4.59. The van der Waals surface area contributed by atoms with Crippen LogP contribution in [0.15, 0.2) is 58.4 Å². The fraction of sp³-hybridized carbons (Fsp3) is 0.150. The quantitative estimate of drug-likeness (QED) is 0.525. The van der Waals surface area contributed by atoms with Gasteiger partial charge in [-0.25, -0.2) is 4.68 Å². The number of aromatic nitrogens is 5. The number of hydrogen-bond donors (Lipinski definition) is 0. The Balaban J connectivity index is 1.68. The summed E-state index contributed by atoms with van der Waals surface area (Å²) >= 11 is 5.97. The highest BCUT2D eigenvalue weighted by atomic mass is 35.5. The van der Waals surface area contributed by atoms with Gasteiger partial charge in [-0.1, -0.05) is 16.8 Å². The van der Waals surface area contributed by atoms with Crippen LogP contribution in [0.4, 0.5) is 0 Å². The molecule has 0 aromatic carbocycles. The smallest absolute Gasteiger partial charge is 0.267 e. The minimum absolute atomic E-state index is 0.242. The molecular formula is C20H16ClN5O2. The van der Waals surface area contributed by atoms with E-state index in [4.69, 9.17) is 16.1 Å². The molecule has 0 fully saturated rings. The predicted molar refractivity (Wildman–Crippen MR) is 105 cm³/mol. The van der Waals surface area contributed by atoms with Crippen molar-refractivity contribution < 1.29 is 4.52 Å². The van der Waals surface area contributed by atoms with Crippen molar-refractivity contribution in [3.8, 4) is 22.4 Å². The zero-order chi connectivity index (χ0) is 19.7. The molecule has 28 heavy (non-hydrogen) atoms. The fourth-order valence-electron chi connectivity index (χ4n) is 2.84. The van der Waals surface area contributed by atoms with E-state index in [9.17, 15) is 4.79 Å². The van der Waals surface area contributed by atoms with Crippen molar-refractivity contribution in [2.24, 2.45) is 0 Å². The Bertz CT molecular complexity index is 1200. The average Bonchev–Trinajstić information content (AvgIpc) is 3.04. The molecule has 4 aromatic heterocycles. The van der Waals surface area contributed by atoms with Crippen molar-refractivity contribution in [2.45, 2.75) is 20.4 Å². The maximum absolute atomic E-state index is 12.6. The first-order chi connectivity index (χ1) is 13.5. The van der Waals surface area contributed by atoms with Crippen LogP contribution in [-0.4, -0.2) is 24.9 Å². The summed E-state index contributed by atoms with van der Waals surface area (Å²) in [6.07, 6.45) is 6.53. The molecule has 4 heterocycles. The van der Waals surface area contributed by atoms with Crippen LogP contribution in [0.5, 0.6) is 0 Å². The molecule has 0 bridgehead atoms. The topological polar surface area (TPSA) is 86.7 Å². The molecular weight excluding hydrogens is 378 g/mol. The monoisotopic (exact) mass is 393 g/mol. The first-order valence-electron chi connectivity index (χ1n) is 8.57. The van der Waals surface area contributed by atoms with E-state index in [1.165, 1.54) is 16.9 Å².